The van der Waals surface area contributed by atoms with E-state index in [0.29, 0.717) is 22.4 Å². The van der Waals surface area contributed by atoms with Crippen LogP contribution in [0.25, 0.3) is 22.6 Å². The molecule has 1 N–H and O–H groups in total. The van der Waals surface area contributed by atoms with Crippen LogP contribution in [0.4, 0.5) is 0 Å². The third kappa shape index (κ3) is 4.04. The lowest BCUT2D eigenvalue weighted by molar-refractivity contribution is 0.446. The van der Waals surface area contributed by atoms with E-state index in [1.807, 2.05) is 32.9 Å². The summed E-state index contributed by atoms with van der Waals surface area (Å²) in [6.45, 7) is 25.0. The zero-order chi connectivity index (χ0) is 24.6. The summed E-state index contributed by atoms with van der Waals surface area (Å²) >= 11 is 0. The summed E-state index contributed by atoms with van der Waals surface area (Å²) < 4.78 is 6.54. The lowest BCUT2D eigenvalue weighted by Crippen LogP contribution is -2.28. The highest BCUT2D eigenvalue weighted by Gasteiger charge is 2.34. The molecule has 0 saturated heterocycles. The number of hydrogen-bond acceptors (Lipinski definition) is 4. The topological polar surface area (TPSA) is 63.3 Å². The minimum absolute atomic E-state index is 0.0871. The summed E-state index contributed by atoms with van der Waals surface area (Å²) in [5, 5.41) is 11.3. The Morgan fingerprint density at radius 3 is 1.56 bits per heavy atom. The molecule has 174 valence electrons. The Kier molecular flexibility index (Phi) is 5.36. The maximum Gasteiger partial charge on any atom is 0.211 e. The molecule has 1 aromatic rings. The van der Waals surface area contributed by atoms with E-state index in [0.717, 1.165) is 16.7 Å². The van der Waals surface area contributed by atoms with Gasteiger partial charge < -0.3 is 9.52 Å². The Bertz CT molecular complexity index is 1220. The summed E-state index contributed by atoms with van der Waals surface area (Å²) in [5.74, 6) is 0.598. The number of fused-ring (bicyclic) bond motifs is 2. The predicted octanol–water partition coefficient (Wildman–Crippen LogP) is 7.19. The third-order valence-corrected chi connectivity index (χ3v) is 6.10. The largest absolute Gasteiger partial charge is 0.505 e. The highest BCUT2D eigenvalue weighted by molar-refractivity contribution is 5.88. The Morgan fingerprint density at radius 2 is 1.12 bits per heavy atom. The SMILES string of the molecule is CC(C)(C)c1cc(C(C)(C)C)c(=O)c2nc3c(O)c(C(C)(C)C)cc(C(C)(C)C)c3oc1-2. The molecule has 0 atom stereocenters. The quantitative estimate of drug-likeness (QED) is 0.378. The lowest BCUT2D eigenvalue weighted by atomic mass is 9.78. The Balaban J connectivity index is 2.67. The van der Waals surface area contributed by atoms with Crippen LogP contribution in [0.15, 0.2) is 21.3 Å². The van der Waals surface area contributed by atoms with Gasteiger partial charge in [0.05, 0.1) is 0 Å². The van der Waals surface area contributed by atoms with E-state index in [9.17, 15) is 9.90 Å². The van der Waals surface area contributed by atoms with Crippen molar-refractivity contribution in [2.24, 2.45) is 0 Å². The average Bonchev–Trinajstić information content (AvgIpc) is 2.56. The number of phenols is 1. The molecule has 0 fully saturated rings. The first-order valence-corrected chi connectivity index (χ1v) is 11.4. The summed E-state index contributed by atoms with van der Waals surface area (Å²) in [6.07, 6.45) is 0. The van der Waals surface area contributed by atoms with Crippen LogP contribution < -0.4 is 5.43 Å². The van der Waals surface area contributed by atoms with E-state index < -0.39 is 0 Å². The Morgan fingerprint density at radius 1 is 0.688 bits per heavy atom. The van der Waals surface area contributed by atoms with Crippen LogP contribution in [0, 0.1) is 0 Å². The molecule has 1 aliphatic heterocycles. The first-order valence-electron chi connectivity index (χ1n) is 11.4. The third-order valence-electron chi connectivity index (χ3n) is 6.10. The van der Waals surface area contributed by atoms with Gasteiger partial charge in [-0.05, 0) is 33.8 Å². The number of benzene rings is 2. The smallest absolute Gasteiger partial charge is 0.211 e. The van der Waals surface area contributed by atoms with Gasteiger partial charge in [0, 0.05) is 22.3 Å². The maximum absolute atomic E-state index is 13.6. The maximum atomic E-state index is 13.6. The fourth-order valence-corrected chi connectivity index (χ4v) is 4.14. The molecular weight excluding hydrogens is 398 g/mol. The van der Waals surface area contributed by atoms with Crippen molar-refractivity contribution in [3.8, 4) is 17.2 Å². The first-order chi connectivity index (χ1) is 14.2. The van der Waals surface area contributed by atoms with Gasteiger partial charge in [-0.25, -0.2) is 4.98 Å². The van der Waals surface area contributed by atoms with E-state index in [1.54, 1.807) is 0 Å². The van der Waals surface area contributed by atoms with Crippen LogP contribution in [0.1, 0.15) is 105 Å². The molecule has 0 bridgehead atoms. The second kappa shape index (κ2) is 7.07. The number of aromatic hydroxyl groups is 1. The molecule has 0 aromatic heterocycles. The number of aromatic nitrogens is 1. The lowest BCUT2D eigenvalue weighted by Gasteiger charge is -2.29. The molecule has 3 rings (SSSR count). The summed E-state index contributed by atoms with van der Waals surface area (Å²) in [4.78, 5) is 18.4. The average molecular weight is 438 g/mol. The van der Waals surface area contributed by atoms with Crippen LogP contribution in [0.2, 0.25) is 0 Å². The first kappa shape index (κ1) is 24.3. The summed E-state index contributed by atoms with van der Waals surface area (Å²) in [7, 11) is 0. The van der Waals surface area contributed by atoms with Gasteiger partial charge in [-0.1, -0.05) is 83.1 Å². The minimum Gasteiger partial charge on any atom is -0.505 e. The van der Waals surface area contributed by atoms with Crippen molar-refractivity contribution < 1.29 is 9.52 Å². The van der Waals surface area contributed by atoms with Crippen molar-refractivity contribution in [1.29, 1.82) is 0 Å². The van der Waals surface area contributed by atoms with Crippen molar-refractivity contribution in [2.75, 3.05) is 0 Å². The van der Waals surface area contributed by atoms with Crippen LogP contribution in [0.5, 0.6) is 5.75 Å². The summed E-state index contributed by atoms with van der Waals surface area (Å²) in [5.41, 5.74) is 3.36. The van der Waals surface area contributed by atoms with Crippen LogP contribution in [-0.4, -0.2) is 10.1 Å². The van der Waals surface area contributed by atoms with Crippen molar-refractivity contribution in [3.63, 3.8) is 0 Å². The van der Waals surface area contributed by atoms with Crippen molar-refractivity contribution in [3.05, 3.63) is 44.6 Å². The highest BCUT2D eigenvalue weighted by atomic mass is 16.3. The highest BCUT2D eigenvalue weighted by Crippen LogP contribution is 2.44. The van der Waals surface area contributed by atoms with Crippen molar-refractivity contribution >= 4 is 11.1 Å². The predicted molar refractivity (Wildman–Crippen MR) is 133 cm³/mol. The Labute approximate surface area is 192 Å². The second-order valence-corrected chi connectivity index (χ2v) is 13.2. The molecule has 1 aromatic carbocycles. The van der Waals surface area contributed by atoms with Crippen LogP contribution in [-0.2, 0) is 21.7 Å². The van der Waals surface area contributed by atoms with Gasteiger partial charge in [-0.3, -0.25) is 4.79 Å². The molecule has 0 amide bonds. The monoisotopic (exact) mass is 437 g/mol. The van der Waals surface area contributed by atoms with Gasteiger partial charge in [0.2, 0.25) is 5.43 Å². The number of nitrogens with zero attached hydrogens (tertiary/aromatic N) is 1. The molecule has 0 radical (unpaired) electrons. The van der Waals surface area contributed by atoms with Gasteiger partial charge in [0.25, 0.3) is 0 Å². The molecule has 4 heteroatoms. The number of rotatable bonds is 0. The fraction of sp³-hybridized carbons (Fsp3) is 0.571. The molecule has 0 spiro atoms. The van der Waals surface area contributed by atoms with Gasteiger partial charge in [0.1, 0.15) is 11.3 Å². The molecule has 1 heterocycles. The Hall–Kier alpha value is -2.36. The van der Waals surface area contributed by atoms with E-state index >= 15 is 0 Å². The number of hydrogen-bond donors (Lipinski definition) is 1. The molecule has 1 aliphatic carbocycles. The molecule has 0 unspecified atom stereocenters. The molecule has 2 aliphatic rings. The normalized spacial score (nSPS) is 13.9. The van der Waals surface area contributed by atoms with E-state index in [-0.39, 0.29) is 38.5 Å². The van der Waals surface area contributed by atoms with Crippen LogP contribution in [0.3, 0.4) is 0 Å². The molecule has 4 nitrogen and oxygen atoms in total. The van der Waals surface area contributed by atoms with Gasteiger partial charge in [-0.15, -0.1) is 0 Å². The van der Waals surface area contributed by atoms with Crippen LogP contribution >= 0.6 is 0 Å². The van der Waals surface area contributed by atoms with Crippen molar-refractivity contribution in [2.45, 2.75) is 105 Å². The molecular formula is C28H39NO3. The van der Waals surface area contributed by atoms with E-state index in [2.05, 4.69) is 62.3 Å². The fourth-order valence-electron chi connectivity index (χ4n) is 4.14. The zero-order valence-corrected chi connectivity index (χ0v) is 21.9. The minimum atomic E-state index is -0.340. The molecule has 0 saturated carbocycles. The van der Waals surface area contributed by atoms with Crippen molar-refractivity contribution in [1.82, 2.24) is 4.98 Å². The summed E-state index contributed by atoms with van der Waals surface area (Å²) in [6, 6.07) is 4.02. The molecule has 32 heavy (non-hydrogen) atoms. The zero-order valence-electron chi connectivity index (χ0n) is 21.9. The van der Waals surface area contributed by atoms with Gasteiger partial charge >= 0.3 is 0 Å². The van der Waals surface area contributed by atoms with E-state index in [4.69, 9.17) is 9.40 Å². The standard InChI is InChI=1S/C28H39NO3/c1-25(2,3)15-13-17(27(7,8)9)23-19(21(15)30)29-20-22(31)16(26(4,5)6)14-18(24(20)32-23)28(10,11)12/h13-14,30H,1-12H3. The van der Waals surface area contributed by atoms with Gasteiger partial charge in [-0.2, -0.15) is 0 Å². The number of phenolic OH excluding ortho intramolecular Hbond substituents is 1. The van der Waals surface area contributed by atoms with E-state index in [1.165, 1.54) is 0 Å². The second-order valence-electron chi connectivity index (χ2n) is 13.2. The van der Waals surface area contributed by atoms with Gasteiger partial charge in [0.15, 0.2) is 17.0 Å².